The molecule has 1 atom stereocenters. The number of carbonyl (C=O) groups is 3. The fraction of sp³-hybridized carbons (Fsp3) is 0.111. The number of hydrogen-bond donors (Lipinski definition) is 4. The number of anilines is 3. The molecule has 0 spiro atoms. The van der Waals surface area contributed by atoms with Crippen molar-refractivity contribution < 1.29 is 19.5 Å². The lowest BCUT2D eigenvalue weighted by Gasteiger charge is -2.19. The minimum atomic E-state index is -0.838. The molecule has 278 valence electrons. The Morgan fingerprint density at radius 3 is 2.44 bits per heavy atom. The van der Waals surface area contributed by atoms with Gasteiger partial charge in [-0.1, -0.05) is 71.5 Å². The van der Waals surface area contributed by atoms with Gasteiger partial charge in [0.05, 0.1) is 44.0 Å². The average Bonchev–Trinajstić information content (AvgIpc) is 3.72. The molecule has 1 unspecified atom stereocenters. The number of nitriles is 1. The maximum Gasteiger partial charge on any atom is 0.267 e. The van der Waals surface area contributed by atoms with E-state index in [2.05, 4.69) is 36.4 Å². The van der Waals surface area contributed by atoms with Crippen molar-refractivity contribution in [3.8, 4) is 17.5 Å². The van der Waals surface area contributed by atoms with E-state index in [0.717, 1.165) is 11.8 Å². The molecule has 14 nitrogen and oxygen atoms in total. The first kappa shape index (κ1) is 39.1. The molecule has 1 aromatic heterocycles. The fourth-order valence-electron chi connectivity index (χ4n) is 5.21. The van der Waals surface area contributed by atoms with E-state index in [1.165, 1.54) is 40.2 Å². The Hall–Kier alpha value is -5.63. The number of amidine groups is 1. The molecular weight excluding hydrogens is 810 g/mol. The summed E-state index contributed by atoms with van der Waals surface area (Å²) >= 11 is 26.2. The number of hydrazine groups is 1. The number of amides is 3. The second kappa shape index (κ2) is 16.8. The van der Waals surface area contributed by atoms with Crippen LogP contribution in [0.5, 0.6) is 5.75 Å². The van der Waals surface area contributed by atoms with Gasteiger partial charge in [-0.25, -0.2) is 9.69 Å². The molecule has 6 rings (SSSR count). The van der Waals surface area contributed by atoms with E-state index < -0.39 is 17.1 Å². The van der Waals surface area contributed by atoms with Gasteiger partial charge in [-0.15, -0.1) is 22.0 Å². The summed E-state index contributed by atoms with van der Waals surface area (Å²) in [6, 6.07) is 21.1. The van der Waals surface area contributed by atoms with Crippen LogP contribution in [0.15, 0.2) is 99.1 Å². The number of azo groups is 1. The number of carbonyl (C=O) groups excluding carboxylic acids is 3. The van der Waals surface area contributed by atoms with Crippen molar-refractivity contribution in [3.63, 3.8) is 0 Å². The molecule has 5 aromatic rings. The predicted octanol–water partition coefficient (Wildman–Crippen LogP) is 9.12. The highest BCUT2D eigenvalue weighted by Gasteiger charge is 2.41. The minimum Gasteiger partial charge on any atom is -0.504 e. The van der Waals surface area contributed by atoms with Gasteiger partial charge in [0.15, 0.2) is 11.6 Å². The van der Waals surface area contributed by atoms with E-state index in [0.29, 0.717) is 27.1 Å². The number of rotatable bonds is 10. The van der Waals surface area contributed by atoms with Crippen molar-refractivity contribution in [1.82, 2.24) is 15.2 Å². The van der Waals surface area contributed by atoms with Crippen molar-refractivity contribution in [3.05, 3.63) is 110 Å². The number of thioether (sulfide) groups is 1. The van der Waals surface area contributed by atoms with Crippen molar-refractivity contribution in [2.45, 2.75) is 23.5 Å². The summed E-state index contributed by atoms with van der Waals surface area (Å²) in [5.41, 5.74) is 4.55. The van der Waals surface area contributed by atoms with Gasteiger partial charge in [0.1, 0.15) is 28.4 Å². The number of aromatic hydroxyl groups is 1. The zero-order valence-corrected chi connectivity index (χ0v) is 32.4. The quantitative estimate of drug-likeness (QED) is 0.0791. The first-order valence-electron chi connectivity index (χ1n) is 16.0. The number of benzene rings is 4. The van der Waals surface area contributed by atoms with Gasteiger partial charge >= 0.3 is 0 Å². The molecule has 4 aromatic carbocycles. The van der Waals surface area contributed by atoms with Crippen LogP contribution in [0.2, 0.25) is 20.1 Å². The van der Waals surface area contributed by atoms with Crippen molar-refractivity contribution in [2.24, 2.45) is 15.2 Å². The molecule has 0 radical (unpaired) electrons. The number of phenols is 1. The van der Waals surface area contributed by atoms with Crippen LogP contribution in [0.3, 0.4) is 0 Å². The normalized spacial score (nSPS) is 14.6. The molecule has 55 heavy (non-hydrogen) atoms. The van der Waals surface area contributed by atoms with Crippen LogP contribution < -0.4 is 21.1 Å². The van der Waals surface area contributed by atoms with Crippen LogP contribution in [-0.4, -0.2) is 50.7 Å². The molecule has 3 amide bonds. The Morgan fingerprint density at radius 2 is 1.73 bits per heavy atom. The number of hydrogen-bond acceptors (Lipinski definition) is 10. The lowest BCUT2D eigenvalue weighted by atomic mass is 10.2. The highest BCUT2D eigenvalue weighted by Crippen LogP contribution is 2.41. The Labute approximate surface area is 337 Å². The zero-order valence-electron chi connectivity index (χ0n) is 28.5. The molecule has 0 bridgehead atoms. The number of para-hydroxylation sites is 1. The van der Waals surface area contributed by atoms with E-state index >= 15 is 0 Å². The standard InChI is InChI=1S/C36H26Cl4N10O4S/c1-3-29(51)44-27-15-21(14-25(40)31(27)52)46-47-34-19(16-41)17-43-49(34)22-8-6-7-18(11-22)35(53)45-26-9-4-5-10-28(26)55-32-33(42-2)48-50(36(32)54)30-23(38)12-20(37)13-24(30)39/h4-15,17,32,52H,3H2,1-2H3,(H,42,48)(H,44,51)(H,45,53). The van der Waals surface area contributed by atoms with Gasteiger partial charge < -0.3 is 15.7 Å². The highest BCUT2D eigenvalue weighted by molar-refractivity contribution is 8.01. The lowest BCUT2D eigenvalue weighted by molar-refractivity contribution is -0.117. The van der Waals surface area contributed by atoms with E-state index in [1.807, 2.05) is 6.07 Å². The van der Waals surface area contributed by atoms with Crippen LogP contribution in [0, 0.1) is 11.3 Å². The van der Waals surface area contributed by atoms with Crippen LogP contribution in [0.1, 0.15) is 29.3 Å². The summed E-state index contributed by atoms with van der Waals surface area (Å²) in [5.74, 6) is -1.17. The topological polar surface area (TPSA) is 189 Å². The Bertz CT molecular complexity index is 2440. The van der Waals surface area contributed by atoms with Gasteiger partial charge in [0.25, 0.3) is 11.8 Å². The molecule has 1 aliphatic rings. The molecule has 1 saturated heterocycles. The second-order valence-corrected chi connectivity index (χ2v) is 14.2. The molecule has 19 heteroatoms. The van der Waals surface area contributed by atoms with Crippen molar-refractivity contribution in [1.29, 1.82) is 5.26 Å². The summed E-state index contributed by atoms with van der Waals surface area (Å²) in [7, 11) is 1.54. The van der Waals surface area contributed by atoms with Gasteiger partial charge in [0.2, 0.25) is 5.91 Å². The number of nitrogens with zero attached hydrogens (tertiary/aromatic N) is 7. The van der Waals surface area contributed by atoms with Crippen LogP contribution in [-0.2, 0) is 9.59 Å². The summed E-state index contributed by atoms with van der Waals surface area (Å²) < 4.78 is 1.33. The maximum atomic E-state index is 13.7. The van der Waals surface area contributed by atoms with E-state index in [4.69, 9.17) is 46.4 Å². The molecule has 0 aliphatic carbocycles. The zero-order chi connectivity index (χ0) is 39.4. The first-order valence-corrected chi connectivity index (χ1v) is 18.4. The third-order valence-electron chi connectivity index (χ3n) is 7.87. The summed E-state index contributed by atoms with van der Waals surface area (Å²) in [6.45, 7) is 1.65. The number of aliphatic imine (C=N–C) groups is 1. The Kier molecular flexibility index (Phi) is 11.9. The lowest BCUT2D eigenvalue weighted by Crippen LogP contribution is -2.36. The molecule has 0 saturated carbocycles. The third kappa shape index (κ3) is 8.39. The number of aromatic nitrogens is 2. The SMILES string of the molecule is CCC(=O)Nc1cc(N=Nc2c(C#N)cnn2-c2cccc(C(=O)Nc3ccccc3SC3C(=O)N(c4c(Cl)cc(Cl)cc4Cl)NC3=NC)c2)cc(Cl)c1O. The summed E-state index contributed by atoms with van der Waals surface area (Å²) in [4.78, 5) is 44.2. The van der Waals surface area contributed by atoms with Gasteiger partial charge in [0, 0.05) is 29.0 Å². The minimum absolute atomic E-state index is 0.0428. The van der Waals surface area contributed by atoms with Crippen LogP contribution in [0.25, 0.3) is 5.69 Å². The second-order valence-electron chi connectivity index (χ2n) is 11.4. The highest BCUT2D eigenvalue weighted by atomic mass is 35.5. The molecule has 2 heterocycles. The Morgan fingerprint density at radius 1 is 0.982 bits per heavy atom. The Balaban J connectivity index is 1.24. The van der Waals surface area contributed by atoms with E-state index in [1.54, 1.807) is 62.5 Å². The molecule has 4 N–H and O–H groups in total. The predicted molar refractivity (Wildman–Crippen MR) is 214 cm³/mol. The average molecular weight is 837 g/mol. The van der Waals surface area contributed by atoms with Crippen molar-refractivity contribution in [2.75, 3.05) is 22.7 Å². The maximum absolute atomic E-state index is 13.7. The first-order chi connectivity index (χ1) is 26.4. The van der Waals surface area contributed by atoms with E-state index in [9.17, 15) is 24.8 Å². The fourth-order valence-corrected chi connectivity index (χ4v) is 7.54. The van der Waals surface area contributed by atoms with Crippen LogP contribution in [0.4, 0.5) is 28.6 Å². The number of halogens is 4. The summed E-state index contributed by atoms with van der Waals surface area (Å²) in [6.07, 6.45) is 1.47. The van der Waals surface area contributed by atoms with Gasteiger partial charge in [-0.3, -0.25) is 24.8 Å². The third-order valence-corrected chi connectivity index (χ3v) is 10.2. The van der Waals surface area contributed by atoms with Crippen LogP contribution >= 0.6 is 58.2 Å². The largest absolute Gasteiger partial charge is 0.504 e. The monoisotopic (exact) mass is 834 g/mol. The van der Waals surface area contributed by atoms with Gasteiger partial charge in [-0.2, -0.15) is 10.4 Å². The molecular formula is C36H26Cl4N10O4S. The molecule has 1 fully saturated rings. The van der Waals surface area contributed by atoms with Gasteiger partial charge in [-0.05, 0) is 54.6 Å². The van der Waals surface area contributed by atoms with E-state index in [-0.39, 0.29) is 67.2 Å². The number of nitrogens with one attached hydrogen (secondary N) is 3. The number of phenolic OH excluding ortho intramolecular Hbond substituents is 1. The van der Waals surface area contributed by atoms with Crippen molar-refractivity contribution >= 4 is 110 Å². The molecule has 1 aliphatic heterocycles. The summed E-state index contributed by atoms with van der Waals surface area (Å²) in [5, 5.41) is 39.2. The smallest absolute Gasteiger partial charge is 0.267 e.